The molecule has 5 rings (SSSR count). The molecule has 204 valence electrons. The predicted molar refractivity (Wildman–Crippen MR) is 135 cm³/mol. The third-order valence-electron chi connectivity index (χ3n) is 5.77. The van der Waals surface area contributed by atoms with Crippen LogP contribution in [-0.4, -0.2) is 30.7 Å². The number of hydrogen-bond donors (Lipinski definition) is 0. The molecule has 6 nitrogen and oxygen atoms in total. The van der Waals surface area contributed by atoms with Gasteiger partial charge >= 0.3 is 12.4 Å². The summed E-state index contributed by atoms with van der Waals surface area (Å²) >= 11 is 7.23. The van der Waals surface area contributed by atoms with Gasteiger partial charge in [0.25, 0.3) is 0 Å². The van der Waals surface area contributed by atoms with Gasteiger partial charge in [0.15, 0.2) is 0 Å². The van der Waals surface area contributed by atoms with Gasteiger partial charge in [-0.1, -0.05) is 28.9 Å². The third kappa shape index (κ3) is 5.47. The van der Waals surface area contributed by atoms with Crippen molar-refractivity contribution in [2.24, 2.45) is 0 Å². The molecule has 5 aromatic rings. The van der Waals surface area contributed by atoms with Gasteiger partial charge in [-0.15, -0.1) is 16.4 Å². The normalized spacial score (nSPS) is 12.1. The zero-order chi connectivity index (χ0) is 28.7. The van der Waals surface area contributed by atoms with Gasteiger partial charge in [0.1, 0.15) is 22.0 Å². The lowest BCUT2D eigenvalue weighted by Crippen LogP contribution is -2.13. The molecule has 0 aliphatic heterocycles. The van der Waals surface area contributed by atoms with Crippen molar-refractivity contribution in [1.82, 2.24) is 25.0 Å². The van der Waals surface area contributed by atoms with Crippen LogP contribution in [0.5, 0.6) is 0 Å². The van der Waals surface area contributed by atoms with Crippen LogP contribution in [0, 0.1) is 0 Å². The predicted octanol–water partition coefficient (Wildman–Crippen LogP) is 7.43. The average Bonchev–Trinajstić information content (AvgIpc) is 3.55. The number of benzene rings is 2. The molecule has 0 aliphatic carbocycles. The van der Waals surface area contributed by atoms with Crippen molar-refractivity contribution >= 4 is 28.7 Å². The first-order valence-electron chi connectivity index (χ1n) is 11.3. The number of aromatic nitrogens is 5. The molecule has 14 heteroatoms. The fourth-order valence-corrected chi connectivity index (χ4v) is 4.96. The Morgan fingerprint density at radius 1 is 0.925 bits per heavy atom. The standard InChI is InChI=1S/C26H14ClF6N5OS/c27-19-6-2-1-5-18(19)23(39)24-21(35-13-40-24)20-22(15-4-3-7-34-11-15)38(37-36-20)12-14-8-16(25(28,29)30)10-17(9-14)26(31,32)33/h1-11,13H,12H2. The van der Waals surface area contributed by atoms with Crippen LogP contribution in [0.15, 0.2) is 72.5 Å². The summed E-state index contributed by atoms with van der Waals surface area (Å²) in [5, 5.41) is 8.37. The molecule has 2 aromatic carbocycles. The summed E-state index contributed by atoms with van der Waals surface area (Å²) in [6, 6.07) is 10.9. The summed E-state index contributed by atoms with van der Waals surface area (Å²) in [4.78, 5) is 21.8. The molecule has 3 heterocycles. The quantitative estimate of drug-likeness (QED) is 0.151. The fraction of sp³-hybridized carbons (Fsp3) is 0.115. The van der Waals surface area contributed by atoms with Crippen LogP contribution in [0.2, 0.25) is 5.02 Å². The molecule has 0 saturated carbocycles. The number of ketones is 1. The molecule has 0 N–H and O–H groups in total. The lowest BCUT2D eigenvalue weighted by atomic mass is 10.0. The van der Waals surface area contributed by atoms with E-state index in [9.17, 15) is 31.1 Å². The van der Waals surface area contributed by atoms with E-state index in [2.05, 4.69) is 20.3 Å². The Labute approximate surface area is 230 Å². The van der Waals surface area contributed by atoms with Gasteiger partial charge in [-0.25, -0.2) is 9.67 Å². The van der Waals surface area contributed by atoms with E-state index in [1.54, 1.807) is 36.4 Å². The first kappa shape index (κ1) is 27.5. The van der Waals surface area contributed by atoms with Crippen LogP contribution in [-0.2, 0) is 18.9 Å². The minimum atomic E-state index is -5.01. The van der Waals surface area contributed by atoms with Crippen LogP contribution >= 0.6 is 22.9 Å². The highest BCUT2D eigenvalue weighted by atomic mass is 35.5. The van der Waals surface area contributed by atoms with Gasteiger partial charge in [-0.2, -0.15) is 26.3 Å². The topological polar surface area (TPSA) is 73.6 Å². The molecule has 0 spiro atoms. The maximum absolute atomic E-state index is 13.4. The average molecular weight is 594 g/mol. The smallest absolute Gasteiger partial charge is 0.288 e. The van der Waals surface area contributed by atoms with E-state index in [1.165, 1.54) is 17.9 Å². The first-order chi connectivity index (χ1) is 18.9. The Morgan fingerprint density at radius 3 is 2.25 bits per heavy atom. The van der Waals surface area contributed by atoms with Crippen LogP contribution < -0.4 is 0 Å². The van der Waals surface area contributed by atoms with Crippen molar-refractivity contribution in [3.63, 3.8) is 0 Å². The van der Waals surface area contributed by atoms with Crippen LogP contribution in [0.3, 0.4) is 0 Å². The van der Waals surface area contributed by atoms with E-state index in [-0.39, 0.29) is 44.2 Å². The van der Waals surface area contributed by atoms with Gasteiger partial charge in [-0.05, 0) is 48.0 Å². The van der Waals surface area contributed by atoms with Crippen molar-refractivity contribution < 1.29 is 31.1 Å². The van der Waals surface area contributed by atoms with Crippen molar-refractivity contribution in [1.29, 1.82) is 0 Å². The van der Waals surface area contributed by atoms with E-state index in [4.69, 9.17) is 11.6 Å². The van der Waals surface area contributed by atoms with E-state index in [1.807, 2.05) is 0 Å². The molecular weight excluding hydrogens is 580 g/mol. The van der Waals surface area contributed by atoms with Crippen LogP contribution in [0.4, 0.5) is 26.3 Å². The second-order valence-corrected chi connectivity index (χ2v) is 9.70. The molecule has 0 fully saturated rings. The first-order valence-corrected chi connectivity index (χ1v) is 12.5. The van der Waals surface area contributed by atoms with E-state index in [0.29, 0.717) is 17.7 Å². The summed E-state index contributed by atoms with van der Waals surface area (Å²) in [6.07, 6.45) is -7.11. The largest absolute Gasteiger partial charge is 0.416 e. The SMILES string of the molecule is O=C(c1ccccc1Cl)c1scnc1-c1nnn(Cc2cc(C(F)(F)F)cc(C(F)(F)F)c2)c1-c1cccnc1. The molecular formula is C26H14ClF6N5OS. The van der Waals surface area contributed by atoms with Crippen LogP contribution in [0.1, 0.15) is 31.9 Å². The van der Waals surface area contributed by atoms with Gasteiger partial charge in [-0.3, -0.25) is 9.78 Å². The number of alkyl halides is 6. The number of pyridine rings is 1. The highest BCUT2D eigenvalue weighted by Gasteiger charge is 2.37. The molecule has 0 bridgehead atoms. The maximum Gasteiger partial charge on any atom is 0.416 e. The zero-order valence-corrected chi connectivity index (χ0v) is 21.4. The molecule has 0 unspecified atom stereocenters. The lowest BCUT2D eigenvalue weighted by molar-refractivity contribution is -0.143. The second-order valence-electron chi connectivity index (χ2n) is 8.44. The number of carbonyl (C=O) groups excluding carboxylic acids is 1. The molecule has 0 saturated heterocycles. The summed E-state index contributed by atoms with van der Waals surface area (Å²) in [6.45, 7) is -0.498. The molecule has 0 aliphatic rings. The Kier molecular flexibility index (Phi) is 7.19. The fourth-order valence-electron chi connectivity index (χ4n) is 4.00. The molecule has 0 atom stereocenters. The zero-order valence-electron chi connectivity index (χ0n) is 19.8. The van der Waals surface area contributed by atoms with Crippen molar-refractivity contribution in [3.05, 3.63) is 105 Å². The molecule has 0 amide bonds. The van der Waals surface area contributed by atoms with E-state index >= 15 is 0 Å². The van der Waals surface area contributed by atoms with Crippen molar-refractivity contribution in [2.75, 3.05) is 0 Å². The van der Waals surface area contributed by atoms with Gasteiger partial charge in [0.2, 0.25) is 5.78 Å². The maximum atomic E-state index is 13.4. The van der Waals surface area contributed by atoms with Gasteiger partial charge in [0, 0.05) is 23.5 Å². The number of thiazole rings is 1. The van der Waals surface area contributed by atoms with Crippen LogP contribution in [0.25, 0.3) is 22.6 Å². The Balaban J connectivity index is 1.64. The number of halogens is 7. The Bertz CT molecular complexity index is 1670. The lowest BCUT2D eigenvalue weighted by Gasteiger charge is -2.15. The molecule has 40 heavy (non-hydrogen) atoms. The summed E-state index contributed by atoms with van der Waals surface area (Å²) < 4.78 is 81.8. The van der Waals surface area contributed by atoms with Gasteiger partial charge < -0.3 is 0 Å². The minimum Gasteiger partial charge on any atom is -0.288 e. The third-order valence-corrected chi connectivity index (χ3v) is 6.92. The highest BCUT2D eigenvalue weighted by molar-refractivity contribution is 7.12. The van der Waals surface area contributed by atoms with E-state index in [0.717, 1.165) is 16.0 Å². The Morgan fingerprint density at radius 2 is 1.62 bits per heavy atom. The summed E-state index contributed by atoms with van der Waals surface area (Å²) in [5.41, 5.74) is -0.780. The molecule has 3 aromatic heterocycles. The number of rotatable bonds is 6. The van der Waals surface area contributed by atoms with E-state index < -0.39 is 35.8 Å². The number of hydrogen-bond acceptors (Lipinski definition) is 6. The minimum absolute atomic E-state index is 0.0557. The summed E-state index contributed by atoms with van der Waals surface area (Å²) in [7, 11) is 0. The number of nitrogens with zero attached hydrogens (tertiary/aromatic N) is 5. The van der Waals surface area contributed by atoms with Gasteiger partial charge in [0.05, 0.1) is 28.2 Å². The number of carbonyl (C=O) groups is 1. The summed E-state index contributed by atoms with van der Waals surface area (Å²) in [5.74, 6) is -0.442. The molecule has 0 radical (unpaired) electrons. The van der Waals surface area contributed by atoms with Crippen molar-refractivity contribution in [2.45, 2.75) is 18.9 Å². The highest BCUT2D eigenvalue weighted by Crippen LogP contribution is 2.38. The Hall–Kier alpha value is -4.10. The van der Waals surface area contributed by atoms with Crippen molar-refractivity contribution in [3.8, 4) is 22.6 Å². The second kappa shape index (κ2) is 10.5. The monoisotopic (exact) mass is 593 g/mol.